The van der Waals surface area contributed by atoms with Gasteiger partial charge < -0.3 is 4.74 Å². The Kier molecular flexibility index (Phi) is 6.81. The van der Waals surface area contributed by atoms with Gasteiger partial charge in [0.25, 0.3) is 5.91 Å². The molecule has 3 rings (SSSR count). The SMILES string of the molecule is O=C(Cc1ccccc1F)NNC(=O)c1ccc(COc2ccc(Cl)cc2)cc1. The molecule has 148 valence electrons. The first kappa shape index (κ1) is 20.4. The average Bonchev–Trinajstić information content (AvgIpc) is 2.74. The third-order valence-electron chi connectivity index (χ3n) is 4.06. The predicted molar refractivity (Wildman–Crippen MR) is 108 cm³/mol. The molecule has 0 atom stereocenters. The molecule has 29 heavy (non-hydrogen) atoms. The molecule has 3 aromatic carbocycles. The summed E-state index contributed by atoms with van der Waals surface area (Å²) in [6, 6.07) is 19.8. The van der Waals surface area contributed by atoms with E-state index >= 15 is 0 Å². The quantitative estimate of drug-likeness (QED) is 0.600. The normalized spacial score (nSPS) is 10.3. The van der Waals surface area contributed by atoms with Gasteiger partial charge >= 0.3 is 0 Å². The summed E-state index contributed by atoms with van der Waals surface area (Å²) in [6.07, 6.45) is -0.173. The molecule has 0 bridgehead atoms. The first-order chi connectivity index (χ1) is 14.0. The van der Waals surface area contributed by atoms with E-state index < -0.39 is 17.6 Å². The number of carbonyl (C=O) groups is 2. The summed E-state index contributed by atoms with van der Waals surface area (Å²) in [6.45, 7) is 0.336. The number of hydrogen-bond acceptors (Lipinski definition) is 3. The van der Waals surface area contributed by atoms with Crippen molar-refractivity contribution in [3.8, 4) is 5.75 Å². The molecule has 5 nitrogen and oxygen atoms in total. The van der Waals surface area contributed by atoms with E-state index in [4.69, 9.17) is 16.3 Å². The molecular weight excluding hydrogens is 395 g/mol. The lowest BCUT2D eigenvalue weighted by Gasteiger charge is -2.09. The van der Waals surface area contributed by atoms with Crippen LogP contribution in [0.15, 0.2) is 72.8 Å². The van der Waals surface area contributed by atoms with Crippen molar-refractivity contribution in [2.75, 3.05) is 0 Å². The first-order valence-electron chi connectivity index (χ1n) is 8.81. The summed E-state index contributed by atoms with van der Waals surface area (Å²) in [5.74, 6) is -0.771. The van der Waals surface area contributed by atoms with Crippen molar-refractivity contribution in [2.45, 2.75) is 13.0 Å². The van der Waals surface area contributed by atoms with Gasteiger partial charge in [-0.15, -0.1) is 0 Å². The van der Waals surface area contributed by atoms with Crippen molar-refractivity contribution in [1.82, 2.24) is 10.9 Å². The molecule has 0 aromatic heterocycles. The summed E-state index contributed by atoms with van der Waals surface area (Å²) >= 11 is 5.83. The predicted octanol–water partition coefficient (Wildman–Crippen LogP) is 4.06. The number of ether oxygens (including phenoxy) is 1. The number of halogens is 2. The lowest BCUT2D eigenvalue weighted by atomic mass is 10.1. The minimum absolute atomic E-state index is 0.173. The van der Waals surface area contributed by atoms with Crippen molar-refractivity contribution in [3.63, 3.8) is 0 Å². The topological polar surface area (TPSA) is 67.4 Å². The number of amides is 2. The van der Waals surface area contributed by atoms with Crippen LogP contribution in [0.2, 0.25) is 5.02 Å². The van der Waals surface area contributed by atoms with E-state index in [1.165, 1.54) is 12.1 Å². The van der Waals surface area contributed by atoms with Crippen molar-refractivity contribution >= 4 is 23.4 Å². The molecule has 0 saturated heterocycles. The number of nitrogens with one attached hydrogen (secondary N) is 2. The molecule has 0 saturated carbocycles. The number of carbonyl (C=O) groups excluding carboxylic acids is 2. The van der Waals surface area contributed by atoms with Gasteiger partial charge in [-0.3, -0.25) is 20.4 Å². The van der Waals surface area contributed by atoms with Crippen LogP contribution < -0.4 is 15.6 Å². The molecule has 2 N–H and O–H groups in total. The summed E-state index contributed by atoms with van der Waals surface area (Å²) in [4.78, 5) is 24.0. The Morgan fingerprint density at radius 3 is 2.28 bits per heavy atom. The highest BCUT2D eigenvalue weighted by Crippen LogP contribution is 2.17. The molecule has 7 heteroatoms. The van der Waals surface area contributed by atoms with Crippen LogP contribution in [0.5, 0.6) is 5.75 Å². The van der Waals surface area contributed by atoms with Crippen LogP contribution in [0.4, 0.5) is 4.39 Å². The van der Waals surface area contributed by atoms with Crippen LogP contribution in [0.3, 0.4) is 0 Å². The van der Waals surface area contributed by atoms with Crippen molar-refractivity contribution in [2.24, 2.45) is 0 Å². The highest BCUT2D eigenvalue weighted by Gasteiger charge is 2.10. The van der Waals surface area contributed by atoms with E-state index in [0.29, 0.717) is 22.9 Å². The van der Waals surface area contributed by atoms with Crippen molar-refractivity contribution < 1.29 is 18.7 Å². The van der Waals surface area contributed by atoms with Gasteiger partial charge in [0.1, 0.15) is 18.2 Å². The fourth-order valence-electron chi connectivity index (χ4n) is 2.51. The third-order valence-corrected chi connectivity index (χ3v) is 4.31. The minimum Gasteiger partial charge on any atom is -0.489 e. The summed E-state index contributed by atoms with van der Waals surface area (Å²) in [7, 11) is 0. The van der Waals surface area contributed by atoms with E-state index in [0.717, 1.165) is 5.56 Å². The van der Waals surface area contributed by atoms with Gasteiger partial charge in [0.05, 0.1) is 6.42 Å². The van der Waals surface area contributed by atoms with Crippen LogP contribution in [-0.4, -0.2) is 11.8 Å². The Labute approximate surface area is 172 Å². The number of rotatable bonds is 6. The fourth-order valence-corrected chi connectivity index (χ4v) is 2.63. The Bertz CT molecular complexity index is 992. The Hall–Kier alpha value is -3.38. The maximum absolute atomic E-state index is 13.6. The summed E-state index contributed by atoms with van der Waals surface area (Å²) in [5, 5.41) is 0.633. The molecule has 0 unspecified atom stereocenters. The zero-order valence-corrected chi connectivity index (χ0v) is 16.1. The van der Waals surface area contributed by atoms with E-state index in [2.05, 4.69) is 10.9 Å². The van der Waals surface area contributed by atoms with Crippen LogP contribution >= 0.6 is 11.6 Å². The summed E-state index contributed by atoms with van der Waals surface area (Å²) in [5.41, 5.74) is 6.09. The smallest absolute Gasteiger partial charge is 0.269 e. The molecule has 0 fully saturated rings. The number of hydrogen-bond donors (Lipinski definition) is 2. The second-order valence-corrected chi connectivity index (χ2v) is 6.65. The van der Waals surface area contributed by atoms with E-state index in [9.17, 15) is 14.0 Å². The molecule has 0 aliphatic carbocycles. The Morgan fingerprint density at radius 2 is 1.59 bits per heavy atom. The van der Waals surface area contributed by atoms with Crippen molar-refractivity contribution in [3.05, 3.63) is 100 Å². The zero-order valence-electron chi connectivity index (χ0n) is 15.3. The lowest BCUT2D eigenvalue weighted by Crippen LogP contribution is -2.42. The van der Waals surface area contributed by atoms with Gasteiger partial charge in [0.15, 0.2) is 0 Å². The lowest BCUT2D eigenvalue weighted by molar-refractivity contribution is -0.121. The second-order valence-electron chi connectivity index (χ2n) is 6.21. The monoisotopic (exact) mass is 412 g/mol. The number of benzene rings is 3. The highest BCUT2D eigenvalue weighted by molar-refractivity contribution is 6.30. The number of hydrazine groups is 1. The largest absolute Gasteiger partial charge is 0.489 e. The second kappa shape index (κ2) is 9.71. The van der Waals surface area contributed by atoms with Crippen molar-refractivity contribution in [1.29, 1.82) is 0 Å². The zero-order chi connectivity index (χ0) is 20.6. The van der Waals surface area contributed by atoms with Crippen LogP contribution in [-0.2, 0) is 17.8 Å². The molecular formula is C22H18ClFN2O3. The van der Waals surface area contributed by atoms with E-state index in [1.54, 1.807) is 60.7 Å². The summed E-state index contributed by atoms with van der Waals surface area (Å²) < 4.78 is 19.2. The molecule has 0 aliphatic heterocycles. The van der Waals surface area contributed by atoms with Gasteiger partial charge in [0, 0.05) is 10.6 Å². The molecule has 0 radical (unpaired) electrons. The van der Waals surface area contributed by atoms with Crippen LogP contribution in [0, 0.1) is 5.82 Å². The van der Waals surface area contributed by atoms with Gasteiger partial charge in [-0.25, -0.2) is 4.39 Å². The maximum Gasteiger partial charge on any atom is 0.269 e. The molecule has 0 heterocycles. The Balaban J connectivity index is 1.47. The fraction of sp³-hybridized carbons (Fsp3) is 0.0909. The van der Waals surface area contributed by atoms with E-state index in [-0.39, 0.29) is 12.0 Å². The molecule has 2 amide bonds. The Morgan fingerprint density at radius 1 is 0.897 bits per heavy atom. The minimum atomic E-state index is -0.517. The standard InChI is InChI=1S/C22H18ClFN2O3/c23-18-9-11-19(12-10-18)29-14-15-5-7-16(8-6-15)22(28)26-25-21(27)13-17-3-1-2-4-20(17)24/h1-12H,13-14H2,(H,25,27)(H,26,28). The third kappa shape index (κ3) is 6.05. The van der Waals surface area contributed by atoms with E-state index in [1.807, 2.05) is 0 Å². The van der Waals surface area contributed by atoms with Crippen LogP contribution in [0.25, 0.3) is 0 Å². The van der Waals surface area contributed by atoms with Gasteiger partial charge in [0.2, 0.25) is 5.91 Å². The average molecular weight is 413 g/mol. The molecule has 0 spiro atoms. The van der Waals surface area contributed by atoms with Gasteiger partial charge in [-0.2, -0.15) is 0 Å². The molecule has 3 aromatic rings. The van der Waals surface area contributed by atoms with Crippen LogP contribution in [0.1, 0.15) is 21.5 Å². The first-order valence-corrected chi connectivity index (χ1v) is 9.19. The van der Waals surface area contributed by atoms with Gasteiger partial charge in [-0.1, -0.05) is 41.9 Å². The maximum atomic E-state index is 13.6. The molecule has 0 aliphatic rings. The highest BCUT2D eigenvalue weighted by atomic mass is 35.5. The van der Waals surface area contributed by atoms with Gasteiger partial charge in [-0.05, 0) is 53.6 Å².